The van der Waals surface area contributed by atoms with Crippen LogP contribution in [0, 0.1) is 16.0 Å². The highest BCUT2D eigenvalue weighted by atomic mass is 16.6. The van der Waals surface area contributed by atoms with Gasteiger partial charge in [0.15, 0.2) is 12.4 Å². The van der Waals surface area contributed by atoms with Gasteiger partial charge in [-0.05, 0) is 48.9 Å². The largest absolute Gasteiger partial charge is 0.454 e. The molecule has 0 aliphatic heterocycles. The number of nitro groups is 1. The number of nitro benzene ring substituents is 1. The number of aromatic nitrogens is 1. The summed E-state index contributed by atoms with van der Waals surface area (Å²) >= 11 is 0. The van der Waals surface area contributed by atoms with E-state index in [4.69, 9.17) is 9.72 Å². The number of non-ortho nitro benzene ring substituents is 1. The molecule has 1 aliphatic rings. The van der Waals surface area contributed by atoms with E-state index in [2.05, 4.69) is 6.92 Å². The monoisotopic (exact) mass is 404 g/mol. The predicted molar refractivity (Wildman–Crippen MR) is 111 cm³/mol. The number of rotatable bonds is 5. The van der Waals surface area contributed by atoms with Crippen molar-refractivity contribution >= 4 is 28.3 Å². The van der Waals surface area contributed by atoms with Gasteiger partial charge in [0, 0.05) is 28.8 Å². The Morgan fingerprint density at radius 3 is 2.63 bits per heavy atom. The van der Waals surface area contributed by atoms with Crippen LogP contribution in [0.5, 0.6) is 0 Å². The molecule has 0 saturated carbocycles. The Hall–Kier alpha value is -3.61. The van der Waals surface area contributed by atoms with Crippen LogP contribution in [-0.4, -0.2) is 28.3 Å². The Labute approximate surface area is 172 Å². The molecular formula is C23H20N2O5. The molecule has 4 rings (SSSR count). The Morgan fingerprint density at radius 1 is 1.17 bits per heavy atom. The first-order chi connectivity index (χ1) is 14.4. The third-order valence-electron chi connectivity index (χ3n) is 5.44. The van der Waals surface area contributed by atoms with E-state index in [9.17, 15) is 19.7 Å². The first-order valence-corrected chi connectivity index (χ1v) is 9.79. The van der Waals surface area contributed by atoms with Gasteiger partial charge in [-0.25, -0.2) is 4.79 Å². The predicted octanol–water partition coefficient (Wildman–Crippen LogP) is 4.31. The molecule has 0 spiro atoms. The number of ether oxygens (including phenoxy) is 1. The third kappa shape index (κ3) is 3.78. The summed E-state index contributed by atoms with van der Waals surface area (Å²) in [5.41, 5.74) is 3.19. The van der Waals surface area contributed by atoms with Crippen LogP contribution < -0.4 is 0 Å². The summed E-state index contributed by atoms with van der Waals surface area (Å²) in [5.74, 6) is -0.526. The van der Waals surface area contributed by atoms with Gasteiger partial charge in [-0.1, -0.05) is 25.1 Å². The summed E-state index contributed by atoms with van der Waals surface area (Å²) in [6.07, 6.45) is 2.57. The number of pyridine rings is 1. The van der Waals surface area contributed by atoms with Crippen LogP contribution in [-0.2, 0) is 17.6 Å². The van der Waals surface area contributed by atoms with Crippen molar-refractivity contribution in [2.45, 2.75) is 26.2 Å². The quantitative estimate of drug-likeness (QED) is 0.272. The zero-order valence-electron chi connectivity index (χ0n) is 16.5. The summed E-state index contributed by atoms with van der Waals surface area (Å²) < 4.78 is 5.38. The molecule has 7 nitrogen and oxygen atoms in total. The highest BCUT2D eigenvalue weighted by molar-refractivity contribution is 6.06. The second-order valence-corrected chi connectivity index (χ2v) is 7.58. The van der Waals surface area contributed by atoms with E-state index < -0.39 is 23.3 Å². The lowest BCUT2D eigenvalue weighted by Crippen LogP contribution is -2.21. The maximum atomic E-state index is 13.0. The molecule has 152 valence electrons. The number of benzene rings is 2. The van der Waals surface area contributed by atoms with Gasteiger partial charge in [0.25, 0.3) is 5.69 Å². The third-order valence-corrected chi connectivity index (χ3v) is 5.44. The number of hydrogen-bond donors (Lipinski definition) is 0. The number of Topliss-reactive ketones (excluding diaryl/α,β-unsaturated/α-hetero) is 1. The highest BCUT2D eigenvalue weighted by Gasteiger charge is 2.26. The van der Waals surface area contributed by atoms with Crippen LogP contribution >= 0.6 is 0 Å². The molecule has 1 atom stereocenters. The summed E-state index contributed by atoms with van der Waals surface area (Å²) in [4.78, 5) is 40.4. The van der Waals surface area contributed by atoms with E-state index in [1.54, 1.807) is 0 Å². The molecule has 0 radical (unpaired) electrons. The molecule has 1 aromatic heterocycles. The van der Waals surface area contributed by atoms with Gasteiger partial charge >= 0.3 is 5.97 Å². The first-order valence-electron chi connectivity index (χ1n) is 9.79. The second kappa shape index (κ2) is 8.02. The van der Waals surface area contributed by atoms with Crippen molar-refractivity contribution in [3.05, 3.63) is 81.0 Å². The minimum atomic E-state index is -0.547. The van der Waals surface area contributed by atoms with Gasteiger partial charge < -0.3 is 4.74 Å². The van der Waals surface area contributed by atoms with Gasteiger partial charge in [0.05, 0.1) is 16.0 Å². The lowest BCUT2D eigenvalue weighted by molar-refractivity contribution is -0.384. The second-order valence-electron chi connectivity index (χ2n) is 7.58. The van der Waals surface area contributed by atoms with Gasteiger partial charge in [0.1, 0.15) is 0 Å². The number of fused-ring (bicyclic) bond motifs is 2. The molecule has 1 aliphatic carbocycles. The minimum absolute atomic E-state index is 0.104. The van der Waals surface area contributed by atoms with E-state index in [-0.39, 0.29) is 11.3 Å². The lowest BCUT2D eigenvalue weighted by Gasteiger charge is -2.24. The van der Waals surface area contributed by atoms with Crippen molar-refractivity contribution in [3.8, 4) is 0 Å². The first kappa shape index (κ1) is 19.7. The SMILES string of the molecule is CC1CCc2nc3ccccc3c(C(=O)OCC(=O)c3ccc([N+](=O)[O-])cc3)c2C1. The number of nitrogens with zero attached hydrogens (tertiary/aromatic N) is 2. The fourth-order valence-corrected chi connectivity index (χ4v) is 3.85. The standard InChI is InChI=1S/C23H20N2O5/c1-14-6-11-20-18(12-14)22(17-4-2-3-5-19(17)24-20)23(27)30-13-21(26)15-7-9-16(10-8-15)25(28)29/h2-5,7-10,14H,6,11-13H2,1H3. The molecule has 0 saturated heterocycles. The molecule has 30 heavy (non-hydrogen) atoms. The number of carbonyl (C=O) groups is 2. The average molecular weight is 404 g/mol. The lowest BCUT2D eigenvalue weighted by atomic mass is 9.84. The maximum Gasteiger partial charge on any atom is 0.339 e. The Morgan fingerprint density at radius 2 is 1.90 bits per heavy atom. The van der Waals surface area contributed by atoms with Gasteiger partial charge in [-0.15, -0.1) is 0 Å². The minimum Gasteiger partial charge on any atom is -0.454 e. The molecule has 0 bridgehead atoms. The van der Waals surface area contributed by atoms with Crippen molar-refractivity contribution in [1.82, 2.24) is 4.98 Å². The van der Waals surface area contributed by atoms with E-state index in [0.717, 1.165) is 41.4 Å². The highest BCUT2D eigenvalue weighted by Crippen LogP contribution is 2.32. The molecule has 1 unspecified atom stereocenters. The van der Waals surface area contributed by atoms with Crippen molar-refractivity contribution in [1.29, 1.82) is 0 Å². The zero-order chi connectivity index (χ0) is 21.3. The molecule has 3 aromatic rings. The van der Waals surface area contributed by atoms with Crippen LogP contribution in [0.1, 0.15) is 45.3 Å². The topological polar surface area (TPSA) is 99.4 Å². The molecule has 0 N–H and O–H groups in total. The van der Waals surface area contributed by atoms with Crippen LogP contribution in [0.15, 0.2) is 48.5 Å². The van der Waals surface area contributed by atoms with Crippen LogP contribution in [0.25, 0.3) is 10.9 Å². The summed E-state index contributed by atoms with van der Waals surface area (Å²) in [5, 5.41) is 11.5. The number of esters is 1. The van der Waals surface area contributed by atoms with Crippen LogP contribution in [0.4, 0.5) is 5.69 Å². The maximum absolute atomic E-state index is 13.0. The Balaban J connectivity index is 1.59. The van der Waals surface area contributed by atoms with Crippen LogP contribution in [0.3, 0.4) is 0 Å². The molecule has 7 heteroatoms. The normalized spacial score (nSPS) is 15.4. The fourth-order valence-electron chi connectivity index (χ4n) is 3.85. The molecule has 2 aromatic carbocycles. The molecule has 0 amide bonds. The van der Waals surface area contributed by atoms with E-state index in [1.165, 1.54) is 24.3 Å². The van der Waals surface area contributed by atoms with Gasteiger partial charge in [-0.2, -0.15) is 0 Å². The number of hydrogen-bond acceptors (Lipinski definition) is 6. The van der Waals surface area contributed by atoms with E-state index in [1.807, 2.05) is 24.3 Å². The summed E-state index contributed by atoms with van der Waals surface area (Å²) in [7, 11) is 0. The summed E-state index contributed by atoms with van der Waals surface area (Å²) in [6, 6.07) is 12.7. The van der Waals surface area contributed by atoms with Gasteiger partial charge in [-0.3, -0.25) is 19.9 Å². The van der Waals surface area contributed by atoms with Crippen LogP contribution in [0.2, 0.25) is 0 Å². The number of para-hydroxylation sites is 1. The molecule has 0 fully saturated rings. The van der Waals surface area contributed by atoms with Crippen molar-refractivity contribution in [2.24, 2.45) is 5.92 Å². The van der Waals surface area contributed by atoms with Gasteiger partial charge in [0.2, 0.25) is 0 Å². The molecule has 1 heterocycles. The van der Waals surface area contributed by atoms with Crippen molar-refractivity contribution in [3.63, 3.8) is 0 Å². The zero-order valence-corrected chi connectivity index (χ0v) is 16.5. The average Bonchev–Trinajstić information content (AvgIpc) is 2.75. The van der Waals surface area contributed by atoms with Crippen molar-refractivity contribution < 1.29 is 19.2 Å². The Kier molecular flexibility index (Phi) is 5.27. The Bertz CT molecular complexity index is 1150. The van der Waals surface area contributed by atoms with E-state index in [0.29, 0.717) is 11.5 Å². The van der Waals surface area contributed by atoms with Crippen molar-refractivity contribution in [2.75, 3.05) is 6.61 Å². The van der Waals surface area contributed by atoms with E-state index >= 15 is 0 Å². The number of aryl methyl sites for hydroxylation is 1. The molecular weight excluding hydrogens is 384 g/mol. The fraction of sp³-hybridized carbons (Fsp3) is 0.261. The summed E-state index contributed by atoms with van der Waals surface area (Å²) in [6.45, 7) is 1.71. The number of carbonyl (C=O) groups excluding carboxylic acids is 2. The number of ketones is 1. The smallest absolute Gasteiger partial charge is 0.339 e.